The highest BCUT2D eigenvalue weighted by Gasteiger charge is 2.32. The van der Waals surface area contributed by atoms with E-state index in [-0.39, 0.29) is 24.1 Å². The van der Waals surface area contributed by atoms with Gasteiger partial charge in [-0.2, -0.15) is 0 Å². The van der Waals surface area contributed by atoms with Gasteiger partial charge in [0, 0.05) is 32.4 Å². The first-order valence-electron chi connectivity index (χ1n) is 9.77. The number of aromatic nitrogens is 1. The lowest BCUT2D eigenvalue weighted by Gasteiger charge is -2.36. The van der Waals surface area contributed by atoms with Crippen LogP contribution in [0.25, 0.3) is 0 Å². The zero-order chi connectivity index (χ0) is 21.4. The molecule has 9 heteroatoms. The van der Waals surface area contributed by atoms with E-state index in [1.54, 1.807) is 17.2 Å². The molecule has 1 aromatic heterocycles. The Kier molecular flexibility index (Phi) is 5.51. The number of rotatable bonds is 3. The Hall–Kier alpha value is -2.87. The van der Waals surface area contributed by atoms with Crippen LogP contribution < -0.4 is 9.80 Å². The van der Waals surface area contributed by atoms with Crippen LogP contribution in [0, 0.1) is 12.7 Å². The Labute approximate surface area is 179 Å². The maximum Gasteiger partial charge on any atom is 0.414 e. The summed E-state index contributed by atoms with van der Waals surface area (Å²) in [6, 6.07) is 5.88. The van der Waals surface area contributed by atoms with Crippen LogP contribution in [0.2, 0.25) is 5.02 Å². The van der Waals surface area contributed by atoms with Gasteiger partial charge in [-0.05, 0) is 43.7 Å². The number of cyclic esters (lactones) is 1. The highest BCUT2D eigenvalue weighted by Crippen LogP contribution is 2.27. The topological polar surface area (TPSA) is 66.0 Å². The van der Waals surface area contributed by atoms with Gasteiger partial charge in [-0.15, -0.1) is 0 Å². The van der Waals surface area contributed by atoms with Crippen molar-refractivity contribution in [1.29, 1.82) is 0 Å². The zero-order valence-electron chi connectivity index (χ0n) is 16.8. The molecule has 2 fully saturated rings. The molecule has 1 aromatic carbocycles. The summed E-state index contributed by atoms with van der Waals surface area (Å²) in [6.45, 7) is 5.97. The van der Waals surface area contributed by atoms with E-state index in [2.05, 4.69) is 4.98 Å². The maximum atomic E-state index is 14.7. The first kappa shape index (κ1) is 20.4. The molecule has 158 valence electrons. The quantitative estimate of drug-likeness (QED) is 0.742. The number of halogens is 2. The number of hydrogen-bond acceptors (Lipinski definition) is 5. The third-order valence-electron chi connectivity index (χ3n) is 5.37. The van der Waals surface area contributed by atoms with E-state index in [1.165, 1.54) is 17.0 Å². The molecule has 0 radical (unpaired) electrons. The van der Waals surface area contributed by atoms with Crippen molar-refractivity contribution in [2.75, 3.05) is 42.6 Å². The second-order valence-electron chi connectivity index (χ2n) is 7.56. The first-order chi connectivity index (χ1) is 14.3. The minimum Gasteiger partial charge on any atom is -0.447 e. The molecule has 2 aromatic rings. The van der Waals surface area contributed by atoms with E-state index in [9.17, 15) is 14.0 Å². The molecule has 2 aliphatic rings. The molecule has 0 saturated carbocycles. The number of aryl methyl sites for hydroxylation is 1. The Balaban J connectivity index is 1.45. The summed E-state index contributed by atoms with van der Waals surface area (Å²) in [7, 11) is 0. The molecule has 4 rings (SSSR count). The highest BCUT2D eigenvalue weighted by molar-refractivity contribution is 6.33. The van der Waals surface area contributed by atoms with Crippen LogP contribution >= 0.6 is 11.6 Å². The molecule has 1 unspecified atom stereocenters. The maximum absolute atomic E-state index is 14.7. The van der Waals surface area contributed by atoms with Crippen molar-refractivity contribution in [2.24, 2.45) is 0 Å². The monoisotopic (exact) mass is 432 g/mol. The molecule has 7 nitrogen and oxygen atoms in total. The van der Waals surface area contributed by atoms with Gasteiger partial charge in [-0.25, -0.2) is 14.2 Å². The van der Waals surface area contributed by atoms with Gasteiger partial charge in [0.2, 0.25) is 0 Å². The van der Waals surface area contributed by atoms with Crippen molar-refractivity contribution in [3.63, 3.8) is 0 Å². The van der Waals surface area contributed by atoms with E-state index in [0.29, 0.717) is 42.7 Å². The number of piperazine rings is 1. The Morgan fingerprint density at radius 3 is 2.57 bits per heavy atom. The number of anilines is 2. The lowest BCUT2D eigenvalue weighted by Crippen LogP contribution is -2.49. The SMILES string of the molecule is Cc1cnc(N2CCN(C(=O)c3ccc(N4C(=O)OCC4C)cc3F)CC2)c(Cl)c1. The number of pyridine rings is 1. The number of carbonyl (C=O) groups is 2. The molecule has 2 aliphatic heterocycles. The molecular weight excluding hydrogens is 411 g/mol. The first-order valence-corrected chi connectivity index (χ1v) is 10.1. The van der Waals surface area contributed by atoms with Crippen LogP contribution in [0.3, 0.4) is 0 Å². The van der Waals surface area contributed by atoms with E-state index in [4.69, 9.17) is 16.3 Å². The fraction of sp³-hybridized carbons (Fsp3) is 0.381. The molecule has 3 heterocycles. The van der Waals surface area contributed by atoms with Gasteiger partial charge in [-0.1, -0.05) is 11.6 Å². The molecule has 1 atom stereocenters. The Morgan fingerprint density at radius 1 is 1.23 bits per heavy atom. The second-order valence-corrected chi connectivity index (χ2v) is 7.96. The number of carbonyl (C=O) groups excluding carboxylic acids is 2. The predicted octanol–water partition coefficient (Wildman–Crippen LogP) is 3.49. The highest BCUT2D eigenvalue weighted by atomic mass is 35.5. The van der Waals surface area contributed by atoms with E-state index < -0.39 is 11.9 Å². The van der Waals surface area contributed by atoms with Crippen LogP contribution in [0.15, 0.2) is 30.5 Å². The smallest absolute Gasteiger partial charge is 0.414 e. The van der Waals surface area contributed by atoms with Crippen molar-refractivity contribution >= 4 is 35.1 Å². The number of benzene rings is 1. The van der Waals surface area contributed by atoms with Crippen LogP contribution in [0.5, 0.6) is 0 Å². The summed E-state index contributed by atoms with van der Waals surface area (Å²) in [5.41, 5.74) is 1.34. The lowest BCUT2D eigenvalue weighted by atomic mass is 10.1. The summed E-state index contributed by atoms with van der Waals surface area (Å²) in [6.07, 6.45) is 1.24. The summed E-state index contributed by atoms with van der Waals surface area (Å²) in [4.78, 5) is 34.1. The summed E-state index contributed by atoms with van der Waals surface area (Å²) >= 11 is 6.30. The number of amides is 2. The van der Waals surface area contributed by atoms with Crippen molar-refractivity contribution < 1.29 is 18.7 Å². The molecule has 0 spiro atoms. The standard InChI is InChI=1S/C21H22ClFN4O3/c1-13-9-17(22)19(24-11-13)25-5-7-26(8-6-25)20(28)16-4-3-15(10-18(16)23)27-14(2)12-30-21(27)29/h3-4,9-11,14H,5-8,12H2,1-2H3. The van der Waals surface area contributed by atoms with Gasteiger partial charge in [0.05, 0.1) is 22.3 Å². The van der Waals surface area contributed by atoms with E-state index in [0.717, 1.165) is 5.56 Å². The zero-order valence-corrected chi connectivity index (χ0v) is 17.5. The third-order valence-corrected chi connectivity index (χ3v) is 5.65. The van der Waals surface area contributed by atoms with Crippen molar-refractivity contribution in [1.82, 2.24) is 9.88 Å². The van der Waals surface area contributed by atoms with E-state index >= 15 is 0 Å². The van der Waals surface area contributed by atoms with Crippen LogP contribution in [-0.4, -0.2) is 60.7 Å². The van der Waals surface area contributed by atoms with Gasteiger partial charge >= 0.3 is 6.09 Å². The van der Waals surface area contributed by atoms with Crippen LogP contribution in [0.4, 0.5) is 20.7 Å². The Bertz CT molecular complexity index is 994. The van der Waals surface area contributed by atoms with Gasteiger partial charge in [0.15, 0.2) is 0 Å². The van der Waals surface area contributed by atoms with Gasteiger partial charge in [-0.3, -0.25) is 9.69 Å². The second kappa shape index (κ2) is 8.10. The van der Waals surface area contributed by atoms with Crippen molar-refractivity contribution in [2.45, 2.75) is 19.9 Å². The fourth-order valence-corrected chi connectivity index (χ4v) is 4.09. The summed E-state index contributed by atoms with van der Waals surface area (Å²) in [5, 5.41) is 0.575. The minimum absolute atomic E-state index is 0.0149. The molecule has 0 aliphatic carbocycles. The largest absolute Gasteiger partial charge is 0.447 e. The summed E-state index contributed by atoms with van der Waals surface area (Å²) < 4.78 is 19.7. The molecule has 2 saturated heterocycles. The molecule has 30 heavy (non-hydrogen) atoms. The normalized spacial score (nSPS) is 19.3. The molecule has 2 amide bonds. The average molecular weight is 433 g/mol. The van der Waals surface area contributed by atoms with Gasteiger partial charge in [0.1, 0.15) is 18.2 Å². The molecular formula is C21H22ClFN4O3. The molecule has 0 bridgehead atoms. The average Bonchev–Trinajstić information content (AvgIpc) is 3.06. The Morgan fingerprint density at radius 2 is 1.97 bits per heavy atom. The summed E-state index contributed by atoms with van der Waals surface area (Å²) in [5.74, 6) is -0.342. The van der Waals surface area contributed by atoms with Gasteiger partial charge in [0.25, 0.3) is 5.91 Å². The van der Waals surface area contributed by atoms with Crippen LogP contribution in [0.1, 0.15) is 22.8 Å². The number of nitrogens with zero attached hydrogens (tertiary/aromatic N) is 4. The number of hydrogen-bond donors (Lipinski definition) is 0. The fourth-order valence-electron chi connectivity index (χ4n) is 3.75. The van der Waals surface area contributed by atoms with E-state index in [1.807, 2.05) is 24.8 Å². The number of ether oxygens (including phenoxy) is 1. The predicted molar refractivity (Wildman–Crippen MR) is 112 cm³/mol. The minimum atomic E-state index is -0.657. The van der Waals surface area contributed by atoms with Gasteiger partial charge < -0.3 is 14.5 Å². The van der Waals surface area contributed by atoms with Crippen molar-refractivity contribution in [3.05, 3.63) is 52.4 Å². The lowest BCUT2D eigenvalue weighted by molar-refractivity contribution is 0.0742. The van der Waals surface area contributed by atoms with Crippen molar-refractivity contribution in [3.8, 4) is 0 Å². The third kappa shape index (κ3) is 3.79. The van der Waals surface area contributed by atoms with Crippen LogP contribution in [-0.2, 0) is 4.74 Å². The molecule has 0 N–H and O–H groups in total.